The Labute approximate surface area is 112 Å². The van der Waals surface area contributed by atoms with E-state index in [4.69, 9.17) is 0 Å². The standard InChI is InChI=1S/C14H19NO4/c1-3-14(4-2,11(12(16)17)13(18)19)15-10-8-6-5-7-9-10/h5-9,11,15H,3-4H2,1-2H3,(H,16,17)(H,18,19). The van der Waals surface area contributed by atoms with E-state index in [0.29, 0.717) is 12.8 Å². The van der Waals surface area contributed by atoms with Crippen LogP contribution >= 0.6 is 0 Å². The predicted octanol–water partition coefficient (Wildman–Crippen LogP) is 2.44. The highest BCUT2D eigenvalue weighted by Gasteiger charge is 2.45. The van der Waals surface area contributed by atoms with Crippen molar-refractivity contribution >= 4 is 17.6 Å². The molecule has 0 saturated heterocycles. The van der Waals surface area contributed by atoms with E-state index < -0.39 is 23.4 Å². The van der Waals surface area contributed by atoms with Crippen LogP contribution in [0.1, 0.15) is 26.7 Å². The highest BCUT2D eigenvalue weighted by Crippen LogP contribution is 2.30. The Morgan fingerprint density at radius 2 is 1.58 bits per heavy atom. The second-order valence-corrected chi connectivity index (χ2v) is 4.46. The average molecular weight is 265 g/mol. The summed E-state index contributed by atoms with van der Waals surface area (Å²) in [6.45, 7) is 3.58. The lowest BCUT2D eigenvalue weighted by Gasteiger charge is -2.37. The molecule has 0 radical (unpaired) electrons. The van der Waals surface area contributed by atoms with Crippen LogP contribution in [-0.4, -0.2) is 27.7 Å². The normalized spacial score (nSPS) is 11.3. The summed E-state index contributed by atoms with van der Waals surface area (Å²) in [6, 6.07) is 9.06. The Kier molecular flexibility index (Phi) is 4.92. The van der Waals surface area contributed by atoms with Gasteiger partial charge in [0.15, 0.2) is 5.92 Å². The Balaban J connectivity index is 3.15. The number of carboxylic acid groups (broad SMARTS) is 2. The van der Waals surface area contributed by atoms with Gasteiger partial charge in [-0.25, -0.2) is 0 Å². The third kappa shape index (κ3) is 3.24. The van der Waals surface area contributed by atoms with Crippen LogP contribution in [0.15, 0.2) is 30.3 Å². The molecule has 0 aromatic heterocycles. The summed E-state index contributed by atoms with van der Waals surface area (Å²) in [5, 5.41) is 21.5. The second-order valence-electron chi connectivity index (χ2n) is 4.46. The Bertz CT molecular complexity index is 426. The van der Waals surface area contributed by atoms with Crippen molar-refractivity contribution in [2.24, 2.45) is 5.92 Å². The Morgan fingerprint density at radius 1 is 1.11 bits per heavy atom. The lowest BCUT2D eigenvalue weighted by atomic mass is 9.79. The Morgan fingerprint density at radius 3 is 1.95 bits per heavy atom. The van der Waals surface area contributed by atoms with E-state index in [9.17, 15) is 19.8 Å². The lowest BCUT2D eigenvalue weighted by molar-refractivity contribution is -0.157. The molecule has 104 valence electrons. The van der Waals surface area contributed by atoms with Gasteiger partial charge in [0.25, 0.3) is 0 Å². The van der Waals surface area contributed by atoms with Crippen molar-refractivity contribution in [2.75, 3.05) is 5.32 Å². The van der Waals surface area contributed by atoms with Crippen LogP contribution in [-0.2, 0) is 9.59 Å². The first-order chi connectivity index (χ1) is 8.96. The zero-order valence-corrected chi connectivity index (χ0v) is 11.1. The van der Waals surface area contributed by atoms with Crippen LogP contribution in [0.5, 0.6) is 0 Å². The fourth-order valence-corrected chi connectivity index (χ4v) is 2.29. The van der Waals surface area contributed by atoms with E-state index in [2.05, 4.69) is 5.32 Å². The van der Waals surface area contributed by atoms with Crippen molar-refractivity contribution in [3.05, 3.63) is 30.3 Å². The monoisotopic (exact) mass is 265 g/mol. The average Bonchev–Trinajstić information content (AvgIpc) is 2.38. The van der Waals surface area contributed by atoms with Crippen molar-refractivity contribution < 1.29 is 19.8 Å². The van der Waals surface area contributed by atoms with Crippen molar-refractivity contribution in [1.82, 2.24) is 0 Å². The first-order valence-corrected chi connectivity index (χ1v) is 6.25. The van der Waals surface area contributed by atoms with Gasteiger partial charge in [-0.2, -0.15) is 0 Å². The van der Waals surface area contributed by atoms with Gasteiger partial charge in [-0.15, -0.1) is 0 Å². The molecule has 0 aliphatic rings. The van der Waals surface area contributed by atoms with Gasteiger partial charge in [0, 0.05) is 5.69 Å². The third-order valence-corrected chi connectivity index (χ3v) is 3.48. The number of carbonyl (C=O) groups is 2. The summed E-state index contributed by atoms with van der Waals surface area (Å²) in [5.41, 5.74) is -0.280. The number of benzene rings is 1. The van der Waals surface area contributed by atoms with Crippen LogP contribution in [0, 0.1) is 5.92 Å². The maximum absolute atomic E-state index is 11.3. The molecule has 19 heavy (non-hydrogen) atoms. The summed E-state index contributed by atoms with van der Waals surface area (Å²) in [4.78, 5) is 22.5. The molecule has 0 spiro atoms. The molecule has 0 amide bonds. The molecular formula is C14H19NO4. The maximum Gasteiger partial charge on any atom is 0.320 e. The van der Waals surface area contributed by atoms with Crippen molar-refractivity contribution in [1.29, 1.82) is 0 Å². The minimum Gasteiger partial charge on any atom is -0.481 e. The van der Waals surface area contributed by atoms with E-state index in [1.54, 1.807) is 26.0 Å². The van der Waals surface area contributed by atoms with Gasteiger partial charge in [0.1, 0.15) is 0 Å². The highest BCUT2D eigenvalue weighted by molar-refractivity contribution is 5.95. The number of para-hydroxylation sites is 1. The summed E-state index contributed by atoms with van der Waals surface area (Å²) >= 11 is 0. The number of carboxylic acids is 2. The van der Waals surface area contributed by atoms with Crippen LogP contribution < -0.4 is 5.32 Å². The minimum atomic E-state index is -1.48. The zero-order chi connectivity index (χ0) is 14.5. The predicted molar refractivity (Wildman–Crippen MR) is 72.1 cm³/mol. The smallest absolute Gasteiger partial charge is 0.320 e. The second kappa shape index (κ2) is 6.22. The molecule has 0 fully saturated rings. The molecule has 1 rings (SSSR count). The summed E-state index contributed by atoms with van der Waals surface area (Å²) in [5.74, 6) is -4.12. The van der Waals surface area contributed by atoms with Crippen molar-refractivity contribution in [3.8, 4) is 0 Å². The van der Waals surface area contributed by atoms with Crippen LogP contribution in [0.3, 0.4) is 0 Å². The molecule has 0 heterocycles. The molecule has 1 aromatic rings. The van der Waals surface area contributed by atoms with Crippen molar-refractivity contribution in [2.45, 2.75) is 32.2 Å². The first-order valence-electron chi connectivity index (χ1n) is 6.25. The van der Waals surface area contributed by atoms with Gasteiger partial charge in [-0.05, 0) is 25.0 Å². The number of hydrogen-bond donors (Lipinski definition) is 3. The van der Waals surface area contributed by atoms with Crippen LogP contribution in [0.2, 0.25) is 0 Å². The number of hydrogen-bond acceptors (Lipinski definition) is 3. The van der Waals surface area contributed by atoms with Gasteiger partial charge < -0.3 is 15.5 Å². The first kappa shape index (κ1) is 15.0. The molecular weight excluding hydrogens is 246 g/mol. The van der Waals surface area contributed by atoms with Gasteiger partial charge in [0.05, 0.1) is 5.54 Å². The van der Waals surface area contributed by atoms with Crippen molar-refractivity contribution in [3.63, 3.8) is 0 Å². The van der Waals surface area contributed by atoms with Gasteiger partial charge in [-0.1, -0.05) is 32.0 Å². The maximum atomic E-state index is 11.3. The third-order valence-electron chi connectivity index (χ3n) is 3.48. The molecule has 0 saturated carbocycles. The SMILES string of the molecule is CCC(CC)(Nc1ccccc1)C(C(=O)O)C(=O)O. The van der Waals surface area contributed by atoms with E-state index >= 15 is 0 Å². The minimum absolute atomic E-state index is 0.404. The molecule has 0 aliphatic carbocycles. The topological polar surface area (TPSA) is 86.6 Å². The summed E-state index contributed by atoms with van der Waals surface area (Å²) in [7, 11) is 0. The fraction of sp³-hybridized carbons (Fsp3) is 0.429. The largest absolute Gasteiger partial charge is 0.481 e. The van der Waals surface area contributed by atoms with Gasteiger partial charge >= 0.3 is 11.9 Å². The molecule has 0 aliphatic heterocycles. The molecule has 5 nitrogen and oxygen atoms in total. The molecule has 3 N–H and O–H groups in total. The highest BCUT2D eigenvalue weighted by atomic mass is 16.4. The van der Waals surface area contributed by atoms with Gasteiger partial charge in [0.2, 0.25) is 0 Å². The number of rotatable bonds is 7. The van der Waals surface area contributed by atoms with Crippen LogP contribution in [0.25, 0.3) is 0 Å². The zero-order valence-electron chi connectivity index (χ0n) is 11.1. The number of anilines is 1. The number of aliphatic carboxylic acids is 2. The summed E-state index contributed by atoms with van der Waals surface area (Å²) < 4.78 is 0. The summed E-state index contributed by atoms with van der Waals surface area (Å²) in [6.07, 6.45) is 0.809. The molecule has 0 unspecified atom stereocenters. The fourth-order valence-electron chi connectivity index (χ4n) is 2.29. The van der Waals surface area contributed by atoms with E-state index in [1.165, 1.54) is 0 Å². The Hall–Kier alpha value is -2.04. The van der Waals surface area contributed by atoms with Gasteiger partial charge in [-0.3, -0.25) is 9.59 Å². The number of nitrogens with one attached hydrogen (secondary N) is 1. The van der Waals surface area contributed by atoms with E-state index in [-0.39, 0.29) is 0 Å². The molecule has 0 bridgehead atoms. The molecule has 1 aromatic carbocycles. The van der Waals surface area contributed by atoms with Crippen LogP contribution in [0.4, 0.5) is 5.69 Å². The van der Waals surface area contributed by atoms with E-state index in [1.807, 2.05) is 18.2 Å². The molecule has 5 heteroatoms. The lowest BCUT2D eigenvalue weighted by Crippen LogP contribution is -2.51. The van der Waals surface area contributed by atoms with E-state index in [0.717, 1.165) is 5.69 Å². The molecule has 0 atom stereocenters. The quantitative estimate of drug-likeness (QED) is 0.659.